The van der Waals surface area contributed by atoms with Gasteiger partial charge in [0, 0.05) is 23.0 Å². The highest BCUT2D eigenvalue weighted by Gasteiger charge is 2.20. The smallest absolute Gasteiger partial charge is 0.355 e. The van der Waals surface area contributed by atoms with Crippen molar-refractivity contribution in [3.05, 3.63) is 65.9 Å². The van der Waals surface area contributed by atoms with Crippen molar-refractivity contribution in [1.29, 1.82) is 0 Å². The third kappa shape index (κ3) is 4.98. The Hall–Kier alpha value is -3.12. The summed E-state index contributed by atoms with van der Waals surface area (Å²) in [7, 11) is 0. The number of benzene rings is 2. The van der Waals surface area contributed by atoms with Crippen LogP contribution in [0.5, 0.6) is 0 Å². The summed E-state index contributed by atoms with van der Waals surface area (Å²) in [5.74, 6) is -0.918. The number of aliphatic hydroxyl groups is 1. The number of aromatic nitrogens is 1. The first-order valence-corrected chi connectivity index (χ1v) is 9.10. The summed E-state index contributed by atoms with van der Waals surface area (Å²) in [5, 5.41) is 13.6. The van der Waals surface area contributed by atoms with E-state index in [9.17, 15) is 14.7 Å². The summed E-state index contributed by atoms with van der Waals surface area (Å²) >= 11 is 0. The topological polar surface area (TPSA) is 91.4 Å². The van der Waals surface area contributed by atoms with Gasteiger partial charge in [0.1, 0.15) is 17.4 Å². The molecule has 0 aliphatic rings. The van der Waals surface area contributed by atoms with Crippen LogP contribution >= 0.6 is 0 Å². The van der Waals surface area contributed by atoms with Gasteiger partial charge in [0.05, 0.1) is 0 Å². The summed E-state index contributed by atoms with van der Waals surface area (Å²) in [4.78, 5) is 27.5. The van der Waals surface area contributed by atoms with Gasteiger partial charge in [0.25, 0.3) is 5.91 Å². The van der Waals surface area contributed by atoms with Crippen molar-refractivity contribution in [3.8, 4) is 0 Å². The zero-order chi connectivity index (χ0) is 20.3. The molecule has 0 aliphatic carbocycles. The van der Waals surface area contributed by atoms with Gasteiger partial charge < -0.3 is 20.1 Å². The number of amides is 1. The van der Waals surface area contributed by atoms with Crippen LogP contribution in [0.15, 0.2) is 54.6 Å². The minimum Gasteiger partial charge on any atom is -0.455 e. The maximum absolute atomic E-state index is 12.3. The number of fused-ring (bicyclic) bond motifs is 1. The molecule has 28 heavy (non-hydrogen) atoms. The number of aliphatic hydroxyl groups excluding tert-OH is 1. The number of rotatable bonds is 5. The Morgan fingerprint density at radius 1 is 1.11 bits per heavy atom. The minimum atomic E-state index is -1.15. The molecule has 146 valence electrons. The highest BCUT2D eigenvalue weighted by Crippen LogP contribution is 2.22. The van der Waals surface area contributed by atoms with Crippen LogP contribution in [0.4, 0.5) is 5.69 Å². The lowest BCUT2D eigenvalue weighted by Crippen LogP contribution is -2.29. The van der Waals surface area contributed by atoms with E-state index in [0.29, 0.717) is 11.4 Å². The van der Waals surface area contributed by atoms with Crippen LogP contribution in [0.3, 0.4) is 0 Å². The number of nitrogens with one attached hydrogen (secondary N) is 2. The van der Waals surface area contributed by atoms with E-state index >= 15 is 0 Å². The van der Waals surface area contributed by atoms with Crippen molar-refractivity contribution in [2.24, 2.45) is 0 Å². The van der Waals surface area contributed by atoms with Gasteiger partial charge in [-0.05, 0) is 50.6 Å². The Morgan fingerprint density at radius 3 is 2.50 bits per heavy atom. The van der Waals surface area contributed by atoms with Crippen LogP contribution in [0.2, 0.25) is 0 Å². The van der Waals surface area contributed by atoms with Crippen LogP contribution in [-0.4, -0.2) is 33.7 Å². The number of ether oxygens (including phenoxy) is 1. The molecular formula is C22H24N2O4. The normalized spacial score (nSPS) is 12.6. The van der Waals surface area contributed by atoms with Gasteiger partial charge in [-0.1, -0.05) is 30.3 Å². The van der Waals surface area contributed by atoms with Crippen LogP contribution in [0.25, 0.3) is 10.9 Å². The van der Waals surface area contributed by atoms with Gasteiger partial charge in [-0.2, -0.15) is 0 Å². The first-order chi connectivity index (χ1) is 13.2. The fourth-order valence-corrected chi connectivity index (χ4v) is 2.81. The van der Waals surface area contributed by atoms with Crippen molar-refractivity contribution in [2.45, 2.75) is 38.9 Å². The average Bonchev–Trinajstić information content (AvgIpc) is 3.04. The molecule has 6 nitrogen and oxygen atoms in total. The molecule has 0 spiro atoms. The molecule has 1 amide bonds. The molecule has 3 aromatic rings. The highest BCUT2D eigenvalue weighted by atomic mass is 16.6. The lowest BCUT2D eigenvalue weighted by atomic mass is 10.1. The van der Waals surface area contributed by atoms with Gasteiger partial charge in [-0.3, -0.25) is 4.79 Å². The second kappa shape index (κ2) is 7.86. The third-order valence-electron chi connectivity index (χ3n) is 4.08. The number of esters is 1. The van der Waals surface area contributed by atoms with E-state index < -0.39 is 23.6 Å². The van der Waals surface area contributed by atoms with Crippen LogP contribution in [-0.2, 0) is 16.0 Å². The van der Waals surface area contributed by atoms with E-state index in [0.717, 1.165) is 16.5 Å². The van der Waals surface area contributed by atoms with E-state index in [4.69, 9.17) is 4.74 Å². The SMILES string of the molecule is CC(C)(C)OC(=O)c1cc2cc(NC(=O)[C@H](O)Cc3ccccc3)ccc2[nH]1. The number of carbonyl (C=O) groups excluding carboxylic acids is 2. The molecule has 0 bridgehead atoms. The summed E-state index contributed by atoms with van der Waals surface area (Å²) in [6, 6.07) is 16.2. The molecule has 2 aromatic carbocycles. The van der Waals surface area contributed by atoms with E-state index in [2.05, 4.69) is 10.3 Å². The van der Waals surface area contributed by atoms with E-state index in [-0.39, 0.29) is 6.42 Å². The molecule has 1 aromatic heterocycles. The fourth-order valence-electron chi connectivity index (χ4n) is 2.81. The molecule has 0 fully saturated rings. The van der Waals surface area contributed by atoms with Gasteiger partial charge >= 0.3 is 5.97 Å². The van der Waals surface area contributed by atoms with Crippen molar-refractivity contribution in [2.75, 3.05) is 5.32 Å². The Balaban J connectivity index is 1.70. The maximum Gasteiger partial charge on any atom is 0.355 e. The zero-order valence-electron chi connectivity index (χ0n) is 16.2. The Kier molecular flexibility index (Phi) is 5.51. The second-order valence-electron chi connectivity index (χ2n) is 7.68. The van der Waals surface area contributed by atoms with E-state index in [1.807, 2.05) is 51.1 Å². The van der Waals surface area contributed by atoms with Gasteiger partial charge in [0.15, 0.2) is 0 Å². The molecule has 3 N–H and O–H groups in total. The van der Waals surface area contributed by atoms with Crippen molar-refractivity contribution < 1.29 is 19.4 Å². The number of hydrogen-bond acceptors (Lipinski definition) is 4. The van der Waals surface area contributed by atoms with Crippen molar-refractivity contribution in [1.82, 2.24) is 4.98 Å². The maximum atomic E-state index is 12.3. The lowest BCUT2D eigenvalue weighted by molar-refractivity contribution is -0.123. The van der Waals surface area contributed by atoms with Gasteiger partial charge in [0.2, 0.25) is 0 Å². The first kappa shape index (κ1) is 19.6. The number of H-pyrrole nitrogens is 1. The second-order valence-corrected chi connectivity index (χ2v) is 7.68. The zero-order valence-corrected chi connectivity index (χ0v) is 16.2. The fraction of sp³-hybridized carbons (Fsp3) is 0.273. The molecule has 1 atom stereocenters. The summed E-state index contributed by atoms with van der Waals surface area (Å²) in [6.07, 6.45) is -0.913. The van der Waals surface area contributed by atoms with Gasteiger partial charge in [-0.25, -0.2) is 4.79 Å². The van der Waals surface area contributed by atoms with Crippen LogP contribution in [0, 0.1) is 0 Å². The Bertz CT molecular complexity index is 987. The van der Waals surface area contributed by atoms with Crippen molar-refractivity contribution in [3.63, 3.8) is 0 Å². The predicted molar refractivity (Wildman–Crippen MR) is 108 cm³/mol. The average molecular weight is 380 g/mol. The van der Waals surface area contributed by atoms with Crippen molar-refractivity contribution >= 4 is 28.5 Å². The van der Waals surface area contributed by atoms with E-state index in [1.54, 1.807) is 24.3 Å². The minimum absolute atomic E-state index is 0.238. The number of hydrogen-bond donors (Lipinski definition) is 3. The molecule has 0 saturated carbocycles. The molecule has 0 saturated heterocycles. The highest BCUT2D eigenvalue weighted by molar-refractivity contribution is 5.99. The summed E-state index contributed by atoms with van der Waals surface area (Å²) in [5.41, 5.74) is 1.94. The predicted octanol–water partition coefficient (Wildman–Crippen LogP) is 3.67. The molecule has 0 unspecified atom stereocenters. The molecule has 3 rings (SSSR count). The molecule has 0 aliphatic heterocycles. The molecule has 0 radical (unpaired) electrons. The van der Waals surface area contributed by atoms with Crippen LogP contribution < -0.4 is 5.32 Å². The standard InChI is InChI=1S/C22H24N2O4/c1-22(2,3)28-21(27)18-13-15-12-16(9-10-17(15)24-18)23-20(26)19(25)11-14-7-5-4-6-8-14/h4-10,12-13,19,24-25H,11H2,1-3H3,(H,23,26)/t19-/m1/s1. The van der Waals surface area contributed by atoms with E-state index in [1.165, 1.54) is 0 Å². The number of carbonyl (C=O) groups is 2. The Morgan fingerprint density at radius 2 is 1.82 bits per heavy atom. The quantitative estimate of drug-likeness (QED) is 0.589. The monoisotopic (exact) mass is 380 g/mol. The third-order valence-corrected chi connectivity index (χ3v) is 4.08. The summed E-state index contributed by atoms with van der Waals surface area (Å²) in [6.45, 7) is 5.42. The molecule has 1 heterocycles. The molecule has 6 heteroatoms. The largest absolute Gasteiger partial charge is 0.455 e. The number of aromatic amines is 1. The summed E-state index contributed by atoms with van der Waals surface area (Å²) < 4.78 is 5.36. The van der Waals surface area contributed by atoms with Crippen LogP contribution in [0.1, 0.15) is 36.8 Å². The molecular weight excluding hydrogens is 356 g/mol. The van der Waals surface area contributed by atoms with Gasteiger partial charge in [-0.15, -0.1) is 0 Å². The Labute approximate surface area is 163 Å². The first-order valence-electron chi connectivity index (χ1n) is 9.10. The lowest BCUT2D eigenvalue weighted by Gasteiger charge is -2.18. The number of anilines is 1.